The van der Waals surface area contributed by atoms with Crippen molar-refractivity contribution in [1.82, 2.24) is 5.01 Å². The molecule has 0 radical (unpaired) electrons. The second kappa shape index (κ2) is 6.24. The van der Waals surface area contributed by atoms with Crippen molar-refractivity contribution in [1.29, 1.82) is 0 Å². The number of thioether (sulfide) groups is 1. The van der Waals surface area contributed by atoms with Gasteiger partial charge in [-0.05, 0) is 13.0 Å². The summed E-state index contributed by atoms with van der Waals surface area (Å²) in [7, 11) is 3.66. The molecule has 0 spiro atoms. The Hall–Kier alpha value is -1.56. The van der Waals surface area contributed by atoms with Crippen LogP contribution in [0.1, 0.15) is 6.92 Å². The third-order valence-electron chi connectivity index (χ3n) is 1.88. The van der Waals surface area contributed by atoms with Crippen LogP contribution in [0.5, 0.6) is 0 Å². The van der Waals surface area contributed by atoms with Crippen molar-refractivity contribution < 1.29 is 4.92 Å². The second-order valence-electron chi connectivity index (χ2n) is 3.66. The Balaban J connectivity index is 2.78. The minimum Gasteiger partial charge on any atom is -0.303 e. The number of nitrogens with zero attached hydrogens (tertiary/aromatic N) is 3. The lowest BCUT2D eigenvalue weighted by atomic mass is 10.3. The molecule has 0 saturated heterocycles. The first-order valence-electron chi connectivity index (χ1n) is 5.12. The van der Waals surface area contributed by atoms with Crippen LogP contribution in [0.15, 0.2) is 34.3 Å². The molecule has 1 atom stereocenters. The van der Waals surface area contributed by atoms with Crippen molar-refractivity contribution in [3.05, 3.63) is 34.4 Å². The number of nitro groups is 1. The van der Waals surface area contributed by atoms with Gasteiger partial charge in [0.2, 0.25) is 0 Å². The predicted octanol–water partition coefficient (Wildman–Crippen LogP) is 2.62. The second-order valence-corrected chi connectivity index (χ2v) is 5.08. The molecule has 0 saturated carbocycles. The molecule has 0 heterocycles. The van der Waals surface area contributed by atoms with Crippen LogP contribution in [0.2, 0.25) is 0 Å². The first-order chi connectivity index (χ1) is 8.00. The lowest BCUT2D eigenvalue weighted by molar-refractivity contribution is -0.387. The number of para-hydroxylation sites is 1. The van der Waals surface area contributed by atoms with Crippen LogP contribution < -0.4 is 0 Å². The summed E-state index contributed by atoms with van der Waals surface area (Å²) in [6.07, 6.45) is 1.77. The summed E-state index contributed by atoms with van der Waals surface area (Å²) in [5.74, 6) is 0. The third-order valence-corrected chi connectivity index (χ3v) is 2.98. The van der Waals surface area contributed by atoms with Crippen molar-refractivity contribution in [2.45, 2.75) is 17.1 Å². The largest absolute Gasteiger partial charge is 0.303 e. The van der Waals surface area contributed by atoms with Crippen molar-refractivity contribution in [2.75, 3.05) is 14.1 Å². The Morgan fingerprint density at radius 3 is 2.71 bits per heavy atom. The van der Waals surface area contributed by atoms with E-state index < -0.39 is 0 Å². The summed E-state index contributed by atoms with van der Waals surface area (Å²) < 4.78 is 0. The molecule has 17 heavy (non-hydrogen) atoms. The number of hydrazone groups is 1. The highest BCUT2D eigenvalue weighted by atomic mass is 32.2. The number of nitro benzene ring substituents is 1. The van der Waals surface area contributed by atoms with Crippen molar-refractivity contribution >= 4 is 23.7 Å². The summed E-state index contributed by atoms with van der Waals surface area (Å²) in [6, 6.07) is 6.73. The fourth-order valence-corrected chi connectivity index (χ4v) is 2.10. The van der Waals surface area contributed by atoms with Gasteiger partial charge in [0.05, 0.1) is 9.82 Å². The third kappa shape index (κ3) is 4.44. The average molecular weight is 253 g/mol. The van der Waals surface area contributed by atoms with Gasteiger partial charge in [-0.25, -0.2) is 0 Å². The smallest absolute Gasteiger partial charge is 0.282 e. The molecule has 92 valence electrons. The van der Waals surface area contributed by atoms with Crippen LogP contribution in [0.4, 0.5) is 5.69 Å². The van der Waals surface area contributed by atoms with Crippen LogP contribution in [-0.4, -0.2) is 35.5 Å². The molecule has 5 nitrogen and oxygen atoms in total. The lowest BCUT2D eigenvalue weighted by Crippen LogP contribution is -2.06. The summed E-state index contributed by atoms with van der Waals surface area (Å²) in [5.41, 5.74) is 0.141. The summed E-state index contributed by atoms with van der Waals surface area (Å²) in [6.45, 7) is 1.95. The monoisotopic (exact) mass is 253 g/mol. The van der Waals surface area contributed by atoms with Gasteiger partial charge in [0.25, 0.3) is 5.69 Å². The molecule has 1 rings (SSSR count). The molecule has 0 aliphatic heterocycles. The van der Waals surface area contributed by atoms with Gasteiger partial charge >= 0.3 is 0 Å². The van der Waals surface area contributed by atoms with Gasteiger partial charge in [-0.1, -0.05) is 12.1 Å². The molecular formula is C11H15N3O2S. The summed E-state index contributed by atoms with van der Waals surface area (Å²) in [5, 5.41) is 16.7. The maximum absolute atomic E-state index is 10.8. The predicted molar refractivity (Wildman–Crippen MR) is 70.6 cm³/mol. The molecule has 0 aromatic heterocycles. The van der Waals surface area contributed by atoms with Gasteiger partial charge in [0.1, 0.15) is 0 Å². The molecule has 0 fully saturated rings. The quantitative estimate of drug-likeness (QED) is 0.350. The van der Waals surface area contributed by atoms with E-state index in [0.717, 1.165) is 0 Å². The van der Waals surface area contributed by atoms with Crippen LogP contribution in [0, 0.1) is 10.1 Å². The minimum absolute atomic E-state index is 0.0819. The Morgan fingerprint density at radius 2 is 2.12 bits per heavy atom. The van der Waals surface area contributed by atoms with E-state index in [2.05, 4.69) is 5.10 Å². The van der Waals surface area contributed by atoms with E-state index in [4.69, 9.17) is 0 Å². The molecule has 0 bridgehead atoms. The van der Waals surface area contributed by atoms with E-state index in [-0.39, 0.29) is 15.9 Å². The number of hydrogen-bond donors (Lipinski definition) is 0. The Bertz CT molecular complexity index is 421. The standard InChI is InChI=1S/C11H15N3O2S/c1-9(8-12-13(2)3)17-11-7-5-4-6-10(11)14(15)16/h4-9H,1-3H3/b12-8+. The fourth-order valence-electron chi connectivity index (χ4n) is 1.17. The topological polar surface area (TPSA) is 58.7 Å². The summed E-state index contributed by atoms with van der Waals surface area (Å²) >= 11 is 1.42. The first-order valence-corrected chi connectivity index (χ1v) is 6.00. The van der Waals surface area contributed by atoms with E-state index >= 15 is 0 Å². The zero-order valence-electron chi connectivity index (χ0n) is 10.0. The van der Waals surface area contributed by atoms with Crippen LogP contribution >= 0.6 is 11.8 Å². The van der Waals surface area contributed by atoms with E-state index in [1.165, 1.54) is 17.8 Å². The molecule has 1 aromatic carbocycles. The van der Waals surface area contributed by atoms with E-state index in [0.29, 0.717) is 4.90 Å². The average Bonchev–Trinajstić information content (AvgIpc) is 2.27. The molecule has 6 heteroatoms. The number of rotatable bonds is 5. The molecule has 0 aliphatic carbocycles. The van der Waals surface area contributed by atoms with Crippen LogP contribution in [0.25, 0.3) is 0 Å². The van der Waals surface area contributed by atoms with Gasteiger partial charge in [0.15, 0.2) is 0 Å². The SMILES string of the molecule is CC(/C=N/N(C)C)Sc1ccccc1[N+](=O)[O-]. The maximum atomic E-state index is 10.8. The van der Waals surface area contributed by atoms with E-state index in [1.807, 2.05) is 21.0 Å². The maximum Gasteiger partial charge on any atom is 0.282 e. The van der Waals surface area contributed by atoms with Gasteiger partial charge in [-0.2, -0.15) is 5.10 Å². The highest BCUT2D eigenvalue weighted by molar-refractivity contribution is 8.00. The van der Waals surface area contributed by atoms with Gasteiger partial charge < -0.3 is 5.01 Å². The van der Waals surface area contributed by atoms with Gasteiger partial charge in [0, 0.05) is 31.6 Å². The van der Waals surface area contributed by atoms with Crippen molar-refractivity contribution in [3.63, 3.8) is 0 Å². The molecule has 1 aromatic rings. The molecule has 0 aliphatic rings. The van der Waals surface area contributed by atoms with Gasteiger partial charge in [-0.15, -0.1) is 11.8 Å². The fraction of sp³-hybridized carbons (Fsp3) is 0.364. The molecule has 0 N–H and O–H groups in total. The molecular weight excluding hydrogens is 238 g/mol. The molecule has 1 unspecified atom stereocenters. The van der Waals surface area contributed by atoms with Crippen molar-refractivity contribution in [3.8, 4) is 0 Å². The Kier molecular flexibility index (Phi) is 4.96. The number of hydrogen-bond acceptors (Lipinski definition) is 5. The normalized spacial score (nSPS) is 12.6. The van der Waals surface area contributed by atoms with Gasteiger partial charge in [-0.3, -0.25) is 10.1 Å². The van der Waals surface area contributed by atoms with E-state index in [9.17, 15) is 10.1 Å². The summed E-state index contributed by atoms with van der Waals surface area (Å²) in [4.78, 5) is 11.1. The Labute approximate surface area is 105 Å². The van der Waals surface area contributed by atoms with E-state index in [1.54, 1.807) is 29.4 Å². The number of benzene rings is 1. The highest BCUT2D eigenvalue weighted by Gasteiger charge is 2.14. The zero-order valence-corrected chi connectivity index (χ0v) is 10.8. The van der Waals surface area contributed by atoms with Crippen LogP contribution in [-0.2, 0) is 0 Å². The van der Waals surface area contributed by atoms with Crippen molar-refractivity contribution in [2.24, 2.45) is 5.10 Å². The lowest BCUT2D eigenvalue weighted by Gasteiger charge is -2.08. The zero-order chi connectivity index (χ0) is 12.8. The molecule has 0 amide bonds. The van der Waals surface area contributed by atoms with Crippen LogP contribution in [0.3, 0.4) is 0 Å². The highest BCUT2D eigenvalue weighted by Crippen LogP contribution is 2.30. The Morgan fingerprint density at radius 1 is 1.47 bits per heavy atom. The first kappa shape index (κ1) is 13.5. The minimum atomic E-state index is -0.363.